The standard InChI is InChI=1S/C20H18N4O5/c25-16-12-21-24(15-4-2-1-3-14(15)16)8-7-19(26)22-23-20(27)13-5-6-17-18(11-13)29-10-9-28-17/h1-6,11-12H,7-10H2,(H,22,26)(H,23,27). The molecule has 0 unspecified atom stereocenters. The number of rotatable bonds is 4. The van der Waals surface area contributed by atoms with Gasteiger partial charge in [-0.05, 0) is 30.3 Å². The van der Waals surface area contributed by atoms with E-state index < -0.39 is 5.91 Å². The number of benzene rings is 2. The van der Waals surface area contributed by atoms with Crippen LogP contribution in [0.5, 0.6) is 11.5 Å². The van der Waals surface area contributed by atoms with Crippen LogP contribution in [0.25, 0.3) is 10.9 Å². The molecule has 2 N–H and O–H groups in total. The van der Waals surface area contributed by atoms with Gasteiger partial charge in [0.15, 0.2) is 11.5 Å². The topological polar surface area (TPSA) is 112 Å². The first-order valence-electron chi connectivity index (χ1n) is 9.05. The first kappa shape index (κ1) is 18.5. The lowest BCUT2D eigenvalue weighted by molar-refractivity contribution is -0.122. The minimum absolute atomic E-state index is 0.0707. The molecule has 0 atom stereocenters. The highest BCUT2D eigenvalue weighted by molar-refractivity contribution is 5.96. The fourth-order valence-electron chi connectivity index (χ4n) is 2.99. The van der Waals surface area contributed by atoms with E-state index in [-0.39, 0.29) is 24.3 Å². The van der Waals surface area contributed by atoms with Crippen LogP contribution in [0.2, 0.25) is 0 Å². The number of carbonyl (C=O) groups excluding carboxylic acids is 2. The third-order valence-corrected chi connectivity index (χ3v) is 4.43. The highest BCUT2D eigenvalue weighted by atomic mass is 16.6. The van der Waals surface area contributed by atoms with Gasteiger partial charge in [0.1, 0.15) is 13.2 Å². The molecule has 9 nitrogen and oxygen atoms in total. The van der Waals surface area contributed by atoms with Crippen LogP contribution in [-0.2, 0) is 11.3 Å². The van der Waals surface area contributed by atoms with Crippen molar-refractivity contribution < 1.29 is 19.1 Å². The van der Waals surface area contributed by atoms with E-state index in [4.69, 9.17) is 9.47 Å². The third-order valence-electron chi connectivity index (χ3n) is 4.43. The SMILES string of the molecule is O=C(CCn1ncc(=O)c2ccccc21)NNC(=O)c1ccc2c(c1)OCCO2. The van der Waals surface area contributed by atoms with Crippen molar-refractivity contribution >= 4 is 22.7 Å². The molecule has 0 bridgehead atoms. The van der Waals surface area contributed by atoms with Gasteiger partial charge in [-0.2, -0.15) is 5.10 Å². The number of hydrazine groups is 1. The maximum absolute atomic E-state index is 12.2. The summed E-state index contributed by atoms with van der Waals surface area (Å²) < 4.78 is 12.4. The largest absolute Gasteiger partial charge is 0.486 e. The number of nitrogens with zero attached hydrogens (tertiary/aromatic N) is 2. The normalized spacial score (nSPS) is 12.4. The lowest BCUT2D eigenvalue weighted by Gasteiger charge is -2.18. The average molecular weight is 394 g/mol. The zero-order valence-electron chi connectivity index (χ0n) is 15.4. The summed E-state index contributed by atoms with van der Waals surface area (Å²) in [7, 11) is 0. The Bertz CT molecular complexity index is 1140. The Morgan fingerprint density at radius 1 is 1.03 bits per heavy atom. The second-order valence-electron chi connectivity index (χ2n) is 6.36. The molecule has 0 saturated heterocycles. The van der Waals surface area contributed by atoms with E-state index >= 15 is 0 Å². The molecule has 0 spiro atoms. The molecule has 148 valence electrons. The van der Waals surface area contributed by atoms with Crippen molar-refractivity contribution in [2.75, 3.05) is 13.2 Å². The lowest BCUT2D eigenvalue weighted by atomic mass is 10.2. The van der Waals surface area contributed by atoms with Crippen LogP contribution >= 0.6 is 0 Å². The number of para-hydroxylation sites is 1. The van der Waals surface area contributed by atoms with Crippen LogP contribution in [0, 0.1) is 0 Å². The summed E-state index contributed by atoms with van der Waals surface area (Å²) in [5.74, 6) is 0.215. The van der Waals surface area contributed by atoms with Crippen LogP contribution < -0.4 is 25.8 Å². The Balaban J connectivity index is 1.34. The summed E-state index contributed by atoms with van der Waals surface area (Å²) >= 11 is 0. The van der Waals surface area contributed by atoms with Crippen molar-refractivity contribution in [2.24, 2.45) is 0 Å². The second-order valence-corrected chi connectivity index (χ2v) is 6.36. The number of carbonyl (C=O) groups is 2. The van der Waals surface area contributed by atoms with E-state index in [9.17, 15) is 14.4 Å². The average Bonchev–Trinajstić information content (AvgIpc) is 2.77. The predicted octanol–water partition coefficient (Wildman–Crippen LogP) is 1.02. The molecule has 2 amide bonds. The number of fused-ring (bicyclic) bond motifs is 2. The second kappa shape index (κ2) is 8.01. The number of hydrogen-bond donors (Lipinski definition) is 2. The van der Waals surface area contributed by atoms with Crippen LogP contribution in [0.15, 0.2) is 53.5 Å². The van der Waals surface area contributed by atoms with E-state index in [0.29, 0.717) is 41.2 Å². The van der Waals surface area contributed by atoms with Crippen molar-refractivity contribution in [3.8, 4) is 11.5 Å². The quantitative estimate of drug-likeness (QED) is 0.639. The zero-order chi connectivity index (χ0) is 20.2. The van der Waals surface area contributed by atoms with E-state index in [2.05, 4.69) is 16.0 Å². The molecule has 1 aromatic heterocycles. The summed E-state index contributed by atoms with van der Waals surface area (Å²) in [4.78, 5) is 36.2. The van der Waals surface area contributed by atoms with E-state index in [1.54, 1.807) is 47.1 Å². The van der Waals surface area contributed by atoms with Gasteiger partial charge in [0.25, 0.3) is 5.91 Å². The zero-order valence-corrected chi connectivity index (χ0v) is 15.4. The molecule has 3 aromatic rings. The van der Waals surface area contributed by atoms with Crippen molar-refractivity contribution in [3.63, 3.8) is 0 Å². The van der Waals surface area contributed by atoms with Crippen molar-refractivity contribution in [3.05, 3.63) is 64.4 Å². The molecule has 29 heavy (non-hydrogen) atoms. The van der Waals surface area contributed by atoms with Gasteiger partial charge in [0, 0.05) is 17.4 Å². The lowest BCUT2D eigenvalue weighted by Crippen LogP contribution is -2.42. The first-order chi connectivity index (χ1) is 14.1. The van der Waals surface area contributed by atoms with Crippen LogP contribution in [0.1, 0.15) is 16.8 Å². The number of hydrogen-bond acceptors (Lipinski definition) is 6. The summed E-state index contributed by atoms with van der Waals surface area (Å²) in [6.45, 7) is 1.14. The molecule has 0 saturated carbocycles. The maximum atomic E-state index is 12.2. The van der Waals surface area contributed by atoms with Gasteiger partial charge in [0.2, 0.25) is 11.3 Å². The molecule has 2 aromatic carbocycles. The molecular weight excluding hydrogens is 376 g/mol. The Labute approximate surface area is 165 Å². The Kier molecular flexibility index (Phi) is 5.10. The number of aromatic nitrogens is 2. The van der Waals surface area contributed by atoms with Gasteiger partial charge in [-0.3, -0.25) is 29.9 Å². The summed E-state index contributed by atoms with van der Waals surface area (Å²) in [5.41, 5.74) is 5.56. The molecule has 1 aliphatic rings. The van der Waals surface area contributed by atoms with Gasteiger partial charge in [0.05, 0.1) is 18.3 Å². The van der Waals surface area contributed by atoms with E-state index in [0.717, 1.165) is 0 Å². The Hall–Kier alpha value is -3.88. The smallest absolute Gasteiger partial charge is 0.269 e. The number of aryl methyl sites for hydroxylation is 1. The van der Waals surface area contributed by atoms with Gasteiger partial charge in [-0.15, -0.1) is 0 Å². The molecular formula is C20H18N4O5. The van der Waals surface area contributed by atoms with Crippen LogP contribution in [0.3, 0.4) is 0 Å². The number of amides is 2. The fraction of sp³-hybridized carbons (Fsp3) is 0.200. The molecule has 1 aliphatic heterocycles. The van der Waals surface area contributed by atoms with Crippen LogP contribution in [-0.4, -0.2) is 34.8 Å². The number of nitrogens with one attached hydrogen (secondary N) is 2. The van der Waals surface area contributed by atoms with Crippen molar-refractivity contribution in [2.45, 2.75) is 13.0 Å². The third kappa shape index (κ3) is 4.03. The fourth-order valence-corrected chi connectivity index (χ4v) is 2.99. The highest BCUT2D eigenvalue weighted by Gasteiger charge is 2.15. The minimum Gasteiger partial charge on any atom is -0.486 e. The first-order valence-corrected chi connectivity index (χ1v) is 9.05. The van der Waals surface area contributed by atoms with Gasteiger partial charge in [-0.25, -0.2) is 0 Å². The summed E-state index contributed by atoms with van der Waals surface area (Å²) in [6, 6.07) is 11.9. The summed E-state index contributed by atoms with van der Waals surface area (Å²) in [6.07, 6.45) is 1.30. The van der Waals surface area contributed by atoms with Gasteiger partial charge in [-0.1, -0.05) is 12.1 Å². The predicted molar refractivity (Wildman–Crippen MR) is 104 cm³/mol. The molecule has 0 aliphatic carbocycles. The molecule has 9 heteroatoms. The Morgan fingerprint density at radius 2 is 1.83 bits per heavy atom. The maximum Gasteiger partial charge on any atom is 0.269 e. The monoisotopic (exact) mass is 394 g/mol. The van der Waals surface area contributed by atoms with Crippen LogP contribution in [0.4, 0.5) is 0 Å². The van der Waals surface area contributed by atoms with E-state index in [1.807, 2.05) is 0 Å². The molecule has 4 rings (SSSR count). The highest BCUT2D eigenvalue weighted by Crippen LogP contribution is 2.30. The minimum atomic E-state index is -0.470. The molecule has 2 heterocycles. The van der Waals surface area contributed by atoms with Crippen molar-refractivity contribution in [1.82, 2.24) is 20.6 Å². The van der Waals surface area contributed by atoms with Crippen molar-refractivity contribution in [1.29, 1.82) is 0 Å². The van der Waals surface area contributed by atoms with Gasteiger partial charge >= 0.3 is 0 Å². The van der Waals surface area contributed by atoms with E-state index in [1.165, 1.54) is 6.20 Å². The Morgan fingerprint density at radius 3 is 2.69 bits per heavy atom. The molecule has 0 radical (unpaired) electrons. The summed E-state index contributed by atoms with van der Waals surface area (Å²) in [5, 5.41) is 4.61. The number of ether oxygens (including phenoxy) is 2. The molecule has 0 fully saturated rings. The van der Waals surface area contributed by atoms with Gasteiger partial charge < -0.3 is 9.47 Å².